The molecule has 0 saturated carbocycles. The largest absolute Gasteiger partial charge is 0.422 e. The van der Waals surface area contributed by atoms with E-state index in [-0.39, 0.29) is 0 Å². The summed E-state index contributed by atoms with van der Waals surface area (Å²) in [7, 11) is 0. The van der Waals surface area contributed by atoms with E-state index in [0.717, 1.165) is 36.2 Å². The number of carbonyl (C=O) groups is 2. The highest BCUT2D eigenvalue weighted by Gasteiger charge is 2.11. The predicted octanol–water partition coefficient (Wildman–Crippen LogP) is 4.60. The molecule has 2 rings (SSSR count). The Labute approximate surface area is 154 Å². The number of hydrogen-bond donors (Lipinski definition) is 0. The van der Waals surface area contributed by atoms with Crippen LogP contribution in [0.3, 0.4) is 0 Å². The van der Waals surface area contributed by atoms with Crippen LogP contribution < -0.4 is 9.47 Å². The molecule has 0 unspecified atom stereocenters. The lowest BCUT2D eigenvalue weighted by Crippen LogP contribution is -2.04. The van der Waals surface area contributed by atoms with Gasteiger partial charge in [-0.3, -0.25) is 0 Å². The summed E-state index contributed by atoms with van der Waals surface area (Å²) in [4.78, 5) is 23.9. The van der Waals surface area contributed by atoms with Crippen LogP contribution in [0.5, 0.6) is 11.5 Å². The third-order valence-electron chi connectivity index (χ3n) is 2.70. The van der Waals surface area contributed by atoms with Crippen molar-refractivity contribution < 1.29 is 22.7 Å². The molecule has 0 atom stereocenters. The van der Waals surface area contributed by atoms with Crippen molar-refractivity contribution in [1.29, 1.82) is 0 Å². The average Bonchev–Trinajstić information content (AvgIpc) is 2.64. The number of carbonyl (C=O) groups excluding carboxylic acids is 2. The molecular formula is C18H14O5S2. The zero-order valence-corrected chi connectivity index (χ0v) is 14.7. The Morgan fingerprint density at radius 3 is 1.56 bits per heavy atom. The first-order chi connectivity index (χ1) is 12.1. The fraction of sp³-hybridized carbons (Fsp3) is 0. The molecule has 0 N–H and O–H groups in total. The zero-order chi connectivity index (χ0) is 18.1. The Morgan fingerprint density at radius 1 is 0.760 bits per heavy atom. The molecule has 7 heteroatoms. The highest BCUT2D eigenvalue weighted by atomic mass is 32.2. The maximum atomic E-state index is 11.4. The van der Waals surface area contributed by atoms with Gasteiger partial charge in [-0.25, -0.2) is 13.2 Å². The molecule has 2 aromatic carbocycles. The number of hydrogen-bond acceptors (Lipinski definition) is 7. The van der Waals surface area contributed by atoms with Crippen LogP contribution in [-0.2, 0) is 13.2 Å². The minimum absolute atomic E-state index is 0.365. The molecule has 2 aromatic rings. The SMILES string of the molecule is C=CC(=O)Oc1ccccc1SOSc1ccccc1OC(=O)C=C. The molecule has 0 heterocycles. The summed E-state index contributed by atoms with van der Waals surface area (Å²) in [6.07, 6.45) is 2.17. The molecule has 0 aliphatic carbocycles. The third-order valence-corrected chi connectivity index (χ3v) is 4.28. The van der Waals surface area contributed by atoms with Crippen molar-refractivity contribution in [2.45, 2.75) is 9.79 Å². The van der Waals surface area contributed by atoms with Crippen molar-refractivity contribution in [3.63, 3.8) is 0 Å². The number of para-hydroxylation sites is 2. The van der Waals surface area contributed by atoms with Gasteiger partial charge in [0.2, 0.25) is 0 Å². The van der Waals surface area contributed by atoms with Gasteiger partial charge in [-0.2, -0.15) is 0 Å². The minimum atomic E-state index is -0.553. The van der Waals surface area contributed by atoms with Crippen molar-refractivity contribution in [2.24, 2.45) is 0 Å². The Balaban J connectivity index is 2.02. The molecule has 0 aliphatic heterocycles. The molecule has 0 amide bonds. The Morgan fingerprint density at radius 2 is 1.16 bits per heavy atom. The van der Waals surface area contributed by atoms with Crippen LogP contribution in [0, 0.1) is 0 Å². The molecule has 0 aromatic heterocycles. The van der Waals surface area contributed by atoms with Gasteiger partial charge in [0.1, 0.15) is 11.5 Å². The first-order valence-corrected chi connectivity index (χ1v) is 8.50. The lowest BCUT2D eigenvalue weighted by molar-refractivity contribution is -0.130. The number of ether oxygens (including phenoxy) is 2. The number of rotatable bonds is 8. The van der Waals surface area contributed by atoms with Gasteiger partial charge in [-0.1, -0.05) is 37.4 Å². The summed E-state index contributed by atoms with van der Waals surface area (Å²) in [5.74, 6) is -0.376. The van der Waals surface area contributed by atoms with Crippen LogP contribution in [0.25, 0.3) is 0 Å². The molecule has 128 valence electrons. The molecule has 0 fully saturated rings. The number of esters is 2. The van der Waals surface area contributed by atoms with E-state index in [9.17, 15) is 9.59 Å². The van der Waals surface area contributed by atoms with E-state index in [0.29, 0.717) is 21.3 Å². The van der Waals surface area contributed by atoms with Crippen molar-refractivity contribution in [1.82, 2.24) is 0 Å². The van der Waals surface area contributed by atoms with Crippen molar-refractivity contribution in [3.05, 3.63) is 73.8 Å². The highest BCUT2D eigenvalue weighted by molar-refractivity contribution is 8.08. The highest BCUT2D eigenvalue weighted by Crippen LogP contribution is 2.38. The minimum Gasteiger partial charge on any atom is -0.422 e. The first kappa shape index (κ1) is 18.9. The summed E-state index contributed by atoms with van der Waals surface area (Å²) in [6, 6.07) is 13.9. The van der Waals surface area contributed by atoms with Crippen LogP contribution in [0.1, 0.15) is 0 Å². The normalized spacial score (nSPS) is 9.92. The van der Waals surface area contributed by atoms with Crippen molar-refractivity contribution in [3.8, 4) is 11.5 Å². The van der Waals surface area contributed by atoms with E-state index < -0.39 is 11.9 Å². The maximum Gasteiger partial charge on any atom is 0.335 e. The molecule has 0 radical (unpaired) electrons. The Kier molecular flexibility index (Phi) is 7.34. The lowest BCUT2D eigenvalue weighted by Gasteiger charge is -2.09. The predicted molar refractivity (Wildman–Crippen MR) is 97.3 cm³/mol. The monoisotopic (exact) mass is 374 g/mol. The van der Waals surface area contributed by atoms with E-state index in [1.165, 1.54) is 0 Å². The van der Waals surface area contributed by atoms with Crippen LogP contribution >= 0.6 is 24.1 Å². The summed E-state index contributed by atoms with van der Waals surface area (Å²) in [6.45, 7) is 6.73. The molecule has 0 aliphatic rings. The molecule has 0 bridgehead atoms. The van der Waals surface area contributed by atoms with E-state index in [2.05, 4.69) is 13.2 Å². The van der Waals surface area contributed by atoms with Gasteiger partial charge in [0.15, 0.2) is 0 Å². The van der Waals surface area contributed by atoms with E-state index in [1.54, 1.807) is 48.5 Å². The fourth-order valence-corrected chi connectivity index (χ4v) is 2.97. The second kappa shape index (κ2) is 9.73. The second-order valence-corrected chi connectivity index (χ2v) is 6.14. The molecule has 0 saturated heterocycles. The average molecular weight is 374 g/mol. The Bertz CT molecular complexity index is 723. The summed E-state index contributed by atoms with van der Waals surface area (Å²) in [5, 5.41) is 0. The van der Waals surface area contributed by atoms with Gasteiger partial charge in [-0.05, 0) is 24.3 Å². The van der Waals surface area contributed by atoms with Gasteiger partial charge in [0.05, 0.1) is 9.79 Å². The Hall–Kier alpha value is -2.48. The van der Waals surface area contributed by atoms with Crippen molar-refractivity contribution in [2.75, 3.05) is 0 Å². The maximum absolute atomic E-state index is 11.4. The van der Waals surface area contributed by atoms with Gasteiger partial charge in [0, 0.05) is 36.2 Å². The van der Waals surface area contributed by atoms with Crippen LogP contribution in [0.2, 0.25) is 0 Å². The summed E-state index contributed by atoms with van der Waals surface area (Å²) in [5.41, 5.74) is 0. The molecular weight excluding hydrogens is 360 g/mol. The smallest absolute Gasteiger partial charge is 0.335 e. The lowest BCUT2D eigenvalue weighted by atomic mass is 10.3. The van der Waals surface area contributed by atoms with Gasteiger partial charge < -0.3 is 9.47 Å². The zero-order valence-electron chi connectivity index (χ0n) is 13.0. The number of benzene rings is 2. The summed E-state index contributed by atoms with van der Waals surface area (Å²) >= 11 is 2.04. The van der Waals surface area contributed by atoms with Gasteiger partial charge in [-0.15, -0.1) is 0 Å². The standard InChI is InChI=1S/C18H14O5S2/c1-3-17(19)21-13-9-5-7-11-15(13)24-23-25-16-12-8-6-10-14(16)22-18(20)4-2/h3-12H,1-2H2. The van der Waals surface area contributed by atoms with E-state index in [1.807, 2.05) is 0 Å². The fourth-order valence-electron chi connectivity index (χ4n) is 1.60. The van der Waals surface area contributed by atoms with E-state index in [4.69, 9.17) is 13.1 Å². The third kappa shape index (κ3) is 5.82. The molecule has 5 nitrogen and oxygen atoms in total. The molecule has 0 spiro atoms. The van der Waals surface area contributed by atoms with Crippen molar-refractivity contribution >= 4 is 36.0 Å². The van der Waals surface area contributed by atoms with Crippen LogP contribution in [0.15, 0.2) is 83.6 Å². The van der Waals surface area contributed by atoms with E-state index >= 15 is 0 Å². The van der Waals surface area contributed by atoms with Crippen LogP contribution in [0.4, 0.5) is 0 Å². The summed E-state index contributed by atoms with van der Waals surface area (Å²) < 4.78 is 15.8. The topological polar surface area (TPSA) is 61.8 Å². The van der Waals surface area contributed by atoms with Gasteiger partial charge >= 0.3 is 11.9 Å². The quantitative estimate of drug-likeness (QED) is 0.290. The second-order valence-electron chi connectivity index (χ2n) is 4.38. The van der Waals surface area contributed by atoms with Crippen LogP contribution in [-0.4, -0.2) is 11.9 Å². The molecule has 25 heavy (non-hydrogen) atoms. The van der Waals surface area contributed by atoms with Gasteiger partial charge in [0.25, 0.3) is 0 Å². The first-order valence-electron chi connectivity index (χ1n) is 7.01.